The second-order valence-corrected chi connectivity index (χ2v) is 13.4. The van der Waals surface area contributed by atoms with Crippen LogP contribution in [0.25, 0.3) is 38.6 Å². The molecule has 0 unspecified atom stereocenters. The molecule has 4 heteroatoms. The smallest absolute Gasteiger partial charge is 0.0561 e. The number of aromatic amines is 1. The number of rotatable bonds is 14. The Bertz CT molecular complexity index is 2550. The molecule has 0 amide bonds. The van der Waals surface area contributed by atoms with E-state index < -0.39 is 0 Å². The number of hydrogen-bond donors (Lipinski definition) is 2. The third kappa shape index (κ3) is 8.19. The van der Waals surface area contributed by atoms with Gasteiger partial charge in [-0.05, 0) is 109 Å². The first-order valence-corrected chi connectivity index (χ1v) is 18.8. The lowest BCUT2D eigenvalue weighted by Crippen LogP contribution is -2.10. The average Bonchev–Trinajstić information content (AvgIpc) is 3.87. The van der Waals surface area contributed by atoms with Crippen molar-refractivity contribution in [3.8, 4) is 5.69 Å². The van der Waals surface area contributed by atoms with Gasteiger partial charge in [0, 0.05) is 58.3 Å². The molecule has 2 N–H and O–H groups in total. The molecule has 55 heavy (non-hydrogen) atoms. The Morgan fingerprint density at radius 3 is 2.09 bits per heavy atom. The number of anilines is 3. The van der Waals surface area contributed by atoms with Crippen LogP contribution in [-0.4, -0.2) is 15.8 Å². The molecular formula is C51H46N4. The highest BCUT2D eigenvalue weighted by Gasteiger charge is 2.18. The van der Waals surface area contributed by atoms with Crippen molar-refractivity contribution in [2.24, 2.45) is 0 Å². The molecule has 0 bridgehead atoms. The van der Waals surface area contributed by atoms with E-state index in [-0.39, 0.29) is 0 Å². The number of allylic oxidation sites excluding steroid dienone is 11. The van der Waals surface area contributed by atoms with Crippen LogP contribution in [0.2, 0.25) is 0 Å². The molecule has 0 saturated heterocycles. The molecule has 2 heterocycles. The fraction of sp³-hybridized carbons (Fsp3) is 0.0784. The van der Waals surface area contributed by atoms with E-state index in [9.17, 15) is 0 Å². The molecular weight excluding hydrogens is 669 g/mol. The maximum absolute atomic E-state index is 7.32. The van der Waals surface area contributed by atoms with Gasteiger partial charge in [0.1, 0.15) is 0 Å². The second-order valence-electron chi connectivity index (χ2n) is 13.4. The van der Waals surface area contributed by atoms with Crippen LogP contribution in [0.3, 0.4) is 0 Å². The Labute approximate surface area is 324 Å². The van der Waals surface area contributed by atoms with Gasteiger partial charge in [0.05, 0.1) is 11.0 Å². The highest BCUT2D eigenvalue weighted by atomic mass is 15.1. The lowest BCUT2D eigenvalue weighted by molar-refractivity contribution is 1.15. The Morgan fingerprint density at radius 2 is 1.38 bits per heavy atom. The monoisotopic (exact) mass is 714 g/mol. The molecule has 7 aromatic rings. The van der Waals surface area contributed by atoms with E-state index in [1.54, 1.807) is 6.08 Å². The van der Waals surface area contributed by atoms with Crippen LogP contribution in [0.5, 0.6) is 0 Å². The summed E-state index contributed by atoms with van der Waals surface area (Å²) in [4.78, 5) is 5.66. The zero-order chi connectivity index (χ0) is 38.0. The van der Waals surface area contributed by atoms with Gasteiger partial charge < -0.3 is 19.9 Å². The van der Waals surface area contributed by atoms with E-state index in [1.807, 2.05) is 30.5 Å². The number of aromatic nitrogens is 2. The Hall–Kier alpha value is -6.91. The number of nitrogens with one attached hydrogen (secondary N) is 2. The number of hydrogen-bond acceptors (Lipinski definition) is 2. The summed E-state index contributed by atoms with van der Waals surface area (Å²) in [6.45, 7) is 8.03. The summed E-state index contributed by atoms with van der Waals surface area (Å²) in [5.41, 5.74) is 13.7. The Morgan fingerprint density at radius 1 is 0.709 bits per heavy atom. The summed E-state index contributed by atoms with van der Waals surface area (Å²) in [6.07, 6.45) is 23.3. The third-order valence-electron chi connectivity index (χ3n) is 9.83. The highest BCUT2D eigenvalue weighted by molar-refractivity contribution is 6.10. The quantitative estimate of drug-likeness (QED) is 0.0855. The first kappa shape index (κ1) is 36.4. The predicted octanol–water partition coefficient (Wildman–Crippen LogP) is 13.8. The molecule has 0 aliphatic heterocycles. The maximum Gasteiger partial charge on any atom is 0.0561 e. The van der Waals surface area contributed by atoms with Gasteiger partial charge in [-0.15, -0.1) is 0 Å². The standard InChI is InChI=1S/C51H46N4/c1-4-6-14-39(5-2)41-22-29-45(30-23-41)54(44-27-19-38(3)20-28-44)47-33-34-49-48-17-10-11-18-50(48)55(51(49)37-47)46-31-24-42(25-32-46)40(15-9-7-8-12-35-52)21-26-43-16-13-36-53-43/h4-11,13-25,27-37,52-53H,1,12,26H2,2-3H3/b8-7?,14-6-,15-9+,39-5+,40-21+,52-35?. The number of fused-ring (bicyclic) bond motifs is 3. The van der Waals surface area contributed by atoms with Crippen molar-refractivity contribution in [3.63, 3.8) is 0 Å². The number of nitrogens with zero attached hydrogens (tertiary/aromatic N) is 2. The van der Waals surface area contributed by atoms with Gasteiger partial charge in [-0.1, -0.05) is 127 Å². The molecule has 0 saturated carbocycles. The van der Waals surface area contributed by atoms with Gasteiger partial charge >= 0.3 is 0 Å². The zero-order valence-corrected chi connectivity index (χ0v) is 31.5. The summed E-state index contributed by atoms with van der Waals surface area (Å²) in [5, 5.41) is 9.75. The molecule has 0 spiro atoms. The van der Waals surface area contributed by atoms with Crippen molar-refractivity contribution in [1.82, 2.24) is 9.55 Å². The summed E-state index contributed by atoms with van der Waals surface area (Å²) in [5.74, 6) is 0. The van der Waals surface area contributed by atoms with E-state index in [1.165, 1.54) is 33.8 Å². The van der Waals surface area contributed by atoms with E-state index in [2.05, 4.69) is 187 Å². The van der Waals surface area contributed by atoms with E-state index in [0.29, 0.717) is 6.42 Å². The second kappa shape index (κ2) is 17.3. The highest BCUT2D eigenvalue weighted by Crippen LogP contribution is 2.40. The maximum atomic E-state index is 7.32. The summed E-state index contributed by atoms with van der Waals surface area (Å²) < 4.78 is 2.39. The van der Waals surface area contributed by atoms with Crippen LogP contribution in [0, 0.1) is 12.3 Å². The summed E-state index contributed by atoms with van der Waals surface area (Å²) in [6, 6.07) is 46.1. The van der Waals surface area contributed by atoms with Crippen molar-refractivity contribution < 1.29 is 0 Å². The Balaban J connectivity index is 1.32. The van der Waals surface area contributed by atoms with E-state index >= 15 is 0 Å². The van der Waals surface area contributed by atoms with Crippen molar-refractivity contribution in [2.75, 3.05) is 4.90 Å². The number of aryl methyl sites for hydroxylation is 1. The largest absolute Gasteiger partial charge is 0.365 e. The minimum absolute atomic E-state index is 0.627. The zero-order valence-electron chi connectivity index (χ0n) is 31.5. The van der Waals surface area contributed by atoms with Crippen LogP contribution in [0.1, 0.15) is 35.7 Å². The average molecular weight is 715 g/mol. The molecule has 2 aromatic heterocycles. The van der Waals surface area contributed by atoms with Crippen molar-refractivity contribution in [2.45, 2.75) is 26.7 Å². The molecule has 0 aliphatic rings. The molecule has 0 atom stereocenters. The molecule has 0 radical (unpaired) electrons. The van der Waals surface area contributed by atoms with Gasteiger partial charge in [-0.25, -0.2) is 0 Å². The van der Waals surface area contributed by atoms with Crippen molar-refractivity contribution in [1.29, 1.82) is 5.41 Å². The number of para-hydroxylation sites is 1. The Kier molecular flexibility index (Phi) is 11.4. The van der Waals surface area contributed by atoms with Gasteiger partial charge in [0.15, 0.2) is 0 Å². The van der Waals surface area contributed by atoms with Crippen LogP contribution >= 0.6 is 0 Å². The fourth-order valence-electron chi connectivity index (χ4n) is 7.03. The molecule has 270 valence electrons. The minimum atomic E-state index is 0.627. The van der Waals surface area contributed by atoms with Gasteiger partial charge in [0.25, 0.3) is 0 Å². The molecule has 0 aliphatic carbocycles. The van der Waals surface area contributed by atoms with Crippen molar-refractivity contribution in [3.05, 3.63) is 217 Å². The van der Waals surface area contributed by atoms with Gasteiger partial charge in [-0.2, -0.15) is 0 Å². The summed E-state index contributed by atoms with van der Waals surface area (Å²) >= 11 is 0. The summed E-state index contributed by atoms with van der Waals surface area (Å²) in [7, 11) is 0. The van der Waals surface area contributed by atoms with E-state index in [4.69, 9.17) is 5.41 Å². The fourth-order valence-corrected chi connectivity index (χ4v) is 7.03. The van der Waals surface area contributed by atoms with Crippen LogP contribution in [0.4, 0.5) is 17.1 Å². The van der Waals surface area contributed by atoms with Gasteiger partial charge in [0.2, 0.25) is 0 Å². The lowest BCUT2D eigenvalue weighted by atomic mass is 10.0. The minimum Gasteiger partial charge on any atom is -0.365 e. The molecule has 0 fully saturated rings. The topological polar surface area (TPSA) is 47.8 Å². The molecule has 5 aromatic carbocycles. The molecule has 4 nitrogen and oxygen atoms in total. The SMILES string of the molecule is C=C/C=C\C(=C/C)c1ccc(N(c2ccc(C)cc2)c2ccc3c4ccccc4n(-c4ccc(C(/C=C/C=CCC=N)=C/Cc5ccc[nH]5)cc4)c3c2)cc1. The number of benzene rings is 5. The first-order chi connectivity index (χ1) is 27.1. The predicted molar refractivity (Wildman–Crippen MR) is 237 cm³/mol. The third-order valence-corrected chi connectivity index (χ3v) is 9.83. The van der Waals surface area contributed by atoms with Crippen LogP contribution < -0.4 is 4.90 Å². The van der Waals surface area contributed by atoms with Crippen LogP contribution in [0.15, 0.2) is 195 Å². The normalized spacial score (nSPS) is 12.5. The van der Waals surface area contributed by atoms with E-state index in [0.717, 1.165) is 57.0 Å². The number of H-pyrrole nitrogens is 1. The van der Waals surface area contributed by atoms with Crippen molar-refractivity contribution >= 4 is 56.2 Å². The molecule has 7 rings (SSSR count). The first-order valence-electron chi connectivity index (χ1n) is 18.8. The lowest BCUT2D eigenvalue weighted by Gasteiger charge is -2.26. The van der Waals surface area contributed by atoms with Gasteiger partial charge in [-0.3, -0.25) is 0 Å². The van der Waals surface area contributed by atoms with Crippen LogP contribution in [-0.2, 0) is 6.42 Å².